The van der Waals surface area contributed by atoms with Crippen LogP contribution < -0.4 is 15.5 Å². The minimum atomic E-state index is -4.71. The molecule has 1 saturated heterocycles. The summed E-state index contributed by atoms with van der Waals surface area (Å²) in [6.45, 7) is -0.696. The Labute approximate surface area is 192 Å². The number of nitrogens with zero attached hydrogens (tertiary/aromatic N) is 4. The number of amides is 2. The Hall–Kier alpha value is -2.68. The number of urea groups is 1. The summed E-state index contributed by atoms with van der Waals surface area (Å²) in [5.74, 6) is -1.46. The van der Waals surface area contributed by atoms with Gasteiger partial charge in [0.2, 0.25) is 0 Å². The topological polar surface area (TPSA) is 221 Å². The van der Waals surface area contributed by atoms with Crippen molar-refractivity contribution in [3.8, 4) is 0 Å². The molecule has 186 valence electrons. The lowest BCUT2D eigenvalue weighted by Crippen LogP contribution is -2.36. The molecule has 0 bridgehead atoms. The maximum Gasteiger partial charge on any atom is 0.320 e. The number of aliphatic carboxylic acids is 1. The minimum Gasteiger partial charge on any atom is -0.778 e. The largest absolute Gasteiger partial charge is 0.778 e. The Bertz CT molecular complexity index is 1110. The van der Waals surface area contributed by atoms with Crippen molar-refractivity contribution in [3.05, 3.63) is 12.7 Å². The lowest BCUT2D eigenvalue weighted by molar-refractivity contribution is -0.202. The third kappa shape index (κ3) is 5.35. The van der Waals surface area contributed by atoms with E-state index in [-0.39, 0.29) is 23.0 Å². The average molecular weight is 499 g/mol. The molecule has 16 heteroatoms. The highest BCUT2D eigenvalue weighted by atomic mass is 31.2. The van der Waals surface area contributed by atoms with Crippen LogP contribution in [0, 0.1) is 0 Å². The molecular formula is C18H24N6O9P-. The average Bonchev–Trinajstić information content (AvgIpc) is 3.47. The van der Waals surface area contributed by atoms with Crippen molar-refractivity contribution in [2.45, 2.75) is 56.3 Å². The zero-order chi connectivity index (χ0) is 24.5. The zero-order valence-corrected chi connectivity index (χ0v) is 18.7. The number of aliphatic hydroxyl groups is 2. The fourth-order valence-corrected chi connectivity index (χ4v) is 4.82. The number of nitrogens with one attached hydrogen (secondary N) is 2. The number of hydrogen-bond acceptors (Lipinski definition) is 11. The molecule has 2 aliphatic rings. The van der Waals surface area contributed by atoms with Gasteiger partial charge in [-0.25, -0.2) is 19.7 Å². The van der Waals surface area contributed by atoms with Gasteiger partial charge in [-0.15, -0.1) is 0 Å². The fraction of sp³-hybridized carbons (Fsp3) is 0.611. The van der Waals surface area contributed by atoms with Gasteiger partial charge in [0.1, 0.15) is 38.4 Å². The number of carbonyl (C=O) groups excluding carboxylic acids is 1. The Kier molecular flexibility index (Phi) is 7.12. The van der Waals surface area contributed by atoms with Crippen LogP contribution in [0.3, 0.4) is 0 Å². The van der Waals surface area contributed by atoms with Gasteiger partial charge in [-0.2, -0.15) is 0 Å². The Morgan fingerprint density at radius 2 is 1.97 bits per heavy atom. The van der Waals surface area contributed by atoms with Crippen molar-refractivity contribution in [2.75, 3.05) is 18.1 Å². The summed E-state index contributed by atoms with van der Waals surface area (Å²) in [7, 11) is -4.71. The first-order valence-corrected chi connectivity index (χ1v) is 12.3. The van der Waals surface area contributed by atoms with Gasteiger partial charge < -0.3 is 39.4 Å². The molecule has 2 fully saturated rings. The molecule has 1 aliphatic heterocycles. The number of aromatic nitrogens is 4. The molecule has 5 atom stereocenters. The number of aliphatic hydroxyl groups excluding tert-OH is 2. The van der Waals surface area contributed by atoms with Gasteiger partial charge in [-0.1, -0.05) is 12.8 Å². The van der Waals surface area contributed by atoms with E-state index in [1.807, 2.05) is 0 Å². The summed E-state index contributed by atoms with van der Waals surface area (Å²) in [5.41, 5.74) is 0.393. The van der Waals surface area contributed by atoms with Gasteiger partial charge >= 0.3 is 12.0 Å². The van der Waals surface area contributed by atoms with E-state index in [4.69, 9.17) is 9.84 Å². The van der Waals surface area contributed by atoms with Crippen molar-refractivity contribution in [3.63, 3.8) is 0 Å². The van der Waals surface area contributed by atoms with Gasteiger partial charge in [0, 0.05) is 6.04 Å². The molecule has 1 aliphatic carbocycles. The molecule has 1 saturated carbocycles. The second-order valence-corrected chi connectivity index (χ2v) is 9.93. The van der Waals surface area contributed by atoms with E-state index in [1.165, 1.54) is 17.2 Å². The van der Waals surface area contributed by atoms with Gasteiger partial charge in [0.05, 0.1) is 12.9 Å². The van der Waals surface area contributed by atoms with E-state index in [2.05, 4.69) is 30.1 Å². The molecule has 1 unspecified atom stereocenters. The highest BCUT2D eigenvalue weighted by Gasteiger charge is 2.45. The van der Waals surface area contributed by atoms with E-state index in [9.17, 15) is 29.3 Å². The van der Waals surface area contributed by atoms with Crippen LogP contribution in [0.25, 0.3) is 11.2 Å². The third-order valence-electron chi connectivity index (χ3n) is 5.66. The van der Waals surface area contributed by atoms with Crippen molar-refractivity contribution in [1.82, 2.24) is 24.8 Å². The number of carboxylic acid groups (broad SMARTS) is 1. The molecule has 2 aromatic rings. The summed E-state index contributed by atoms with van der Waals surface area (Å²) in [6, 6.07) is -0.341. The normalized spacial score (nSPS) is 27.0. The number of anilines is 1. The molecule has 34 heavy (non-hydrogen) atoms. The second-order valence-electron chi connectivity index (χ2n) is 8.13. The summed E-state index contributed by atoms with van der Waals surface area (Å²) >= 11 is 0. The van der Waals surface area contributed by atoms with Gasteiger partial charge in [0.15, 0.2) is 23.2 Å². The molecule has 0 aromatic carbocycles. The van der Waals surface area contributed by atoms with Crippen LogP contribution in [0.1, 0.15) is 31.9 Å². The number of hydrogen-bond donors (Lipinski definition) is 5. The summed E-state index contributed by atoms with van der Waals surface area (Å²) < 4.78 is 23.2. The van der Waals surface area contributed by atoms with Crippen LogP contribution >= 0.6 is 7.60 Å². The van der Waals surface area contributed by atoms with Crippen LogP contribution in [-0.4, -0.2) is 84.0 Å². The predicted molar refractivity (Wildman–Crippen MR) is 112 cm³/mol. The zero-order valence-electron chi connectivity index (χ0n) is 17.8. The van der Waals surface area contributed by atoms with Crippen molar-refractivity contribution in [2.24, 2.45) is 0 Å². The maximum absolute atomic E-state index is 12.3. The van der Waals surface area contributed by atoms with E-state index in [0.717, 1.165) is 25.7 Å². The third-order valence-corrected chi connectivity index (χ3v) is 6.86. The second kappa shape index (κ2) is 9.90. The monoisotopic (exact) mass is 499 g/mol. The predicted octanol–water partition coefficient (Wildman–Crippen LogP) is -0.836. The molecule has 2 aromatic heterocycles. The van der Waals surface area contributed by atoms with E-state index >= 15 is 0 Å². The Morgan fingerprint density at radius 1 is 1.24 bits per heavy atom. The highest BCUT2D eigenvalue weighted by molar-refractivity contribution is 7.52. The van der Waals surface area contributed by atoms with Gasteiger partial charge in [-0.05, 0) is 12.8 Å². The molecule has 5 N–H and O–H groups in total. The van der Waals surface area contributed by atoms with Crippen LogP contribution in [0.5, 0.6) is 0 Å². The summed E-state index contributed by atoms with van der Waals surface area (Å²) in [6.07, 6.45) is -0.379. The number of fused-ring (bicyclic) bond motifs is 1. The van der Waals surface area contributed by atoms with Crippen LogP contribution in [0.15, 0.2) is 12.7 Å². The van der Waals surface area contributed by atoms with Gasteiger partial charge in [0.25, 0.3) is 0 Å². The molecule has 0 spiro atoms. The van der Waals surface area contributed by atoms with Crippen molar-refractivity contribution < 1.29 is 43.6 Å². The smallest absolute Gasteiger partial charge is 0.320 e. The van der Waals surface area contributed by atoms with E-state index in [0.29, 0.717) is 0 Å². The Morgan fingerprint density at radius 3 is 2.68 bits per heavy atom. The maximum atomic E-state index is 12.3. The molecule has 0 radical (unpaired) electrons. The summed E-state index contributed by atoms with van der Waals surface area (Å²) in [4.78, 5) is 46.9. The Balaban J connectivity index is 1.46. The van der Waals surface area contributed by atoms with Crippen LogP contribution in [-0.2, 0) is 18.6 Å². The standard InChI is InChI=1S/C18H25N6O9P/c25-11(26)6-34(30,31)32-5-10-13(27)14(28)17(33-10)24-8-21-12-15(19-7-20-16(12)24)23-18(29)22-9-3-1-2-4-9/h7-10,13-14,17,27-28H,1-6H2,(H,25,26)(H,30,31)(H2,19,20,22,23,29)/p-1/t10-,13+,14+,17-/m1/s1. The van der Waals surface area contributed by atoms with Gasteiger partial charge in [-0.3, -0.25) is 14.7 Å². The lowest BCUT2D eigenvalue weighted by atomic mass is 10.1. The molecular weight excluding hydrogens is 475 g/mol. The SMILES string of the molecule is O=C(O)CP(=O)([O-])OC[C@H]1O[C@@H](n2cnc3c(NC(=O)NC4CCCC4)ncnc32)[C@@H](O)[C@H]1O. The summed E-state index contributed by atoms with van der Waals surface area (Å²) in [5, 5.41) is 34.9. The van der Waals surface area contributed by atoms with E-state index < -0.39 is 56.9 Å². The molecule has 3 heterocycles. The number of carboxylic acids is 1. The van der Waals surface area contributed by atoms with Crippen LogP contribution in [0.2, 0.25) is 0 Å². The van der Waals surface area contributed by atoms with Crippen molar-refractivity contribution >= 4 is 36.6 Å². The van der Waals surface area contributed by atoms with Crippen molar-refractivity contribution in [1.29, 1.82) is 0 Å². The lowest BCUT2D eigenvalue weighted by Gasteiger charge is -2.24. The first kappa shape index (κ1) is 24.4. The minimum absolute atomic E-state index is 0.0949. The number of carbonyl (C=O) groups is 2. The quantitative estimate of drug-likeness (QED) is 0.281. The molecule has 4 rings (SSSR count). The fourth-order valence-electron chi connectivity index (χ4n) is 4.02. The van der Waals surface area contributed by atoms with Crippen LogP contribution in [0.4, 0.5) is 10.6 Å². The molecule has 2 amide bonds. The first-order valence-electron chi connectivity index (χ1n) is 10.6. The number of ether oxygens (including phenoxy) is 1. The number of imidazole rings is 1. The molecule has 15 nitrogen and oxygen atoms in total. The first-order chi connectivity index (χ1) is 16.1. The van der Waals surface area contributed by atoms with E-state index in [1.54, 1.807) is 0 Å². The number of rotatable bonds is 8. The highest BCUT2D eigenvalue weighted by Crippen LogP contribution is 2.39.